The molecule has 6 rings (SSSR count). The molecule has 8 nitrogen and oxygen atoms in total. The van der Waals surface area contributed by atoms with Crippen molar-refractivity contribution in [3.8, 4) is 16.3 Å². The van der Waals surface area contributed by atoms with Gasteiger partial charge in [0.15, 0.2) is 0 Å². The number of hydrogen-bond donors (Lipinski definition) is 2. The number of hydrazone groups is 1. The van der Waals surface area contributed by atoms with Gasteiger partial charge in [-0.1, -0.05) is 0 Å². The lowest BCUT2D eigenvalue weighted by molar-refractivity contribution is 0.163. The Hall–Kier alpha value is -3.63. The first-order valence-corrected chi connectivity index (χ1v) is 12.9. The lowest BCUT2D eigenvalue weighted by Gasteiger charge is -2.25. The van der Waals surface area contributed by atoms with Gasteiger partial charge < -0.3 is 15.4 Å². The second kappa shape index (κ2) is 9.79. The minimum absolute atomic E-state index is 0.0896. The van der Waals surface area contributed by atoms with Crippen molar-refractivity contribution in [2.75, 3.05) is 32.0 Å². The van der Waals surface area contributed by atoms with Crippen molar-refractivity contribution in [1.29, 1.82) is 0 Å². The van der Waals surface area contributed by atoms with Crippen LogP contribution in [-0.2, 0) is 0 Å². The van der Waals surface area contributed by atoms with Crippen LogP contribution in [0.15, 0.2) is 53.2 Å². The maximum Gasteiger partial charge on any atom is 0.227 e. The van der Waals surface area contributed by atoms with E-state index in [9.17, 15) is 4.39 Å². The van der Waals surface area contributed by atoms with Gasteiger partial charge in [0, 0.05) is 66.2 Å². The Morgan fingerprint density at radius 3 is 2.83 bits per heavy atom. The molecule has 36 heavy (non-hydrogen) atoms. The van der Waals surface area contributed by atoms with Gasteiger partial charge in [0.25, 0.3) is 0 Å². The summed E-state index contributed by atoms with van der Waals surface area (Å²) in [5, 5.41) is 16.4. The van der Waals surface area contributed by atoms with E-state index < -0.39 is 0 Å². The Bertz CT molecular complexity index is 1410. The highest BCUT2D eigenvalue weighted by atomic mass is 32.1. The number of benzene rings is 2. The van der Waals surface area contributed by atoms with Crippen LogP contribution in [0, 0.1) is 5.82 Å². The first-order valence-electron chi connectivity index (χ1n) is 12.0. The van der Waals surface area contributed by atoms with E-state index in [1.54, 1.807) is 47.1 Å². The van der Waals surface area contributed by atoms with E-state index in [0.29, 0.717) is 18.1 Å². The summed E-state index contributed by atoms with van der Waals surface area (Å²) in [6.07, 6.45) is 7.44. The lowest BCUT2D eigenvalue weighted by atomic mass is 9.99. The molecule has 2 N–H and O–H groups in total. The monoisotopic (exact) mass is 503 g/mol. The predicted octanol–water partition coefficient (Wildman–Crippen LogP) is 4.78. The van der Waals surface area contributed by atoms with Gasteiger partial charge in [0.2, 0.25) is 5.95 Å². The number of hydrogen-bond acceptors (Lipinski definition) is 9. The molecule has 0 bridgehead atoms. The molecule has 4 aromatic rings. The fraction of sp³-hybridized carbons (Fsp3) is 0.308. The van der Waals surface area contributed by atoms with Crippen LogP contribution in [0.3, 0.4) is 0 Å². The molecule has 2 aliphatic heterocycles. The van der Waals surface area contributed by atoms with E-state index in [2.05, 4.69) is 25.7 Å². The maximum absolute atomic E-state index is 14.5. The van der Waals surface area contributed by atoms with Gasteiger partial charge in [-0.3, -0.25) is 5.01 Å². The Morgan fingerprint density at radius 2 is 2.06 bits per heavy atom. The number of nitrogens with one attached hydrogen (secondary N) is 2. The number of fused-ring (bicyclic) bond motifs is 1. The minimum Gasteiger partial charge on any atom is -0.490 e. The summed E-state index contributed by atoms with van der Waals surface area (Å²) in [6.45, 7) is 2.54. The molecule has 0 saturated carbocycles. The Kier molecular flexibility index (Phi) is 6.20. The number of ether oxygens (including phenoxy) is 1. The van der Waals surface area contributed by atoms with Gasteiger partial charge in [-0.05, 0) is 50.2 Å². The third kappa shape index (κ3) is 4.74. The number of rotatable bonds is 6. The third-order valence-electron chi connectivity index (χ3n) is 6.48. The molecule has 1 fully saturated rings. The molecule has 2 aliphatic rings. The van der Waals surface area contributed by atoms with Crippen molar-refractivity contribution >= 4 is 40.1 Å². The molecule has 184 valence electrons. The van der Waals surface area contributed by atoms with E-state index in [1.165, 1.54) is 6.07 Å². The van der Waals surface area contributed by atoms with Gasteiger partial charge in [-0.2, -0.15) is 5.10 Å². The summed E-state index contributed by atoms with van der Waals surface area (Å²) in [5.74, 6) is 0.879. The first kappa shape index (κ1) is 22.8. The van der Waals surface area contributed by atoms with Crippen LogP contribution in [0.25, 0.3) is 21.5 Å². The van der Waals surface area contributed by atoms with Crippen LogP contribution < -0.4 is 15.4 Å². The van der Waals surface area contributed by atoms with Crippen LogP contribution in [-0.4, -0.2) is 59.0 Å². The lowest BCUT2D eigenvalue weighted by Crippen LogP contribution is -2.34. The topological polar surface area (TPSA) is 87.6 Å². The predicted molar refractivity (Wildman–Crippen MR) is 141 cm³/mol. The number of thiazole rings is 1. The highest BCUT2D eigenvalue weighted by Crippen LogP contribution is 2.36. The summed E-state index contributed by atoms with van der Waals surface area (Å²) in [5.41, 5.74) is 3.04. The summed E-state index contributed by atoms with van der Waals surface area (Å²) < 4.78 is 21.0. The molecule has 2 aromatic heterocycles. The summed E-state index contributed by atoms with van der Waals surface area (Å²) >= 11 is 1.58. The van der Waals surface area contributed by atoms with Gasteiger partial charge >= 0.3 is 0 Å². The maximum atomic E-state index is 14.5. The highest BCUT2D eigenvalue weighted by molar-refractivity contribution is 7.13. The van der Waals surface area contributed by atoms with Crippen molar-refractivity contribution in [2.45, 2.75) is 24.9 Å². The Morgan fingerprint density at radius 1 is 1.17 bits per heavy atom. The van der Waals surface area contributed by atoms with Crippen molar-refractivity contribution in [2.24, 2.45) is 5.10 Å². The van der Waals surface area contributed by atoms with Crippen LogP contribution in [0.5, 0.6) is 5.75 Å². The molecule has 1 atom stereocenters. The Balaban J connectivity index is 1.31. The third-order valence-corrected chi connectivity index (χ3v) is 7.29. The minimum atomic E-state index is -0.249. The number of piperidine rings is 1. The zero-order chi connectivity index (χ0) is 24.5. The van der Waals surface area contributed by atoms with Crippen molar-refractivity contribution in [3.05, 3.63) is 59.5 Å². The van der Waals surface area contributed by atoms with Crippen LogP contribution in [0.2, 0.25) is 0 Å². The molecule has 1 saturated heterocycles. The van der Waals surface area contributed by atoms with Gasteiger partial charge in [-0.15, -0.1) is 11.3 Å². The molecule has 0 amide bonds. The number of aromatic nitrogens is 3. The van der Waals surface area contributed by atoms with Gasteiger partial charge in [0.1, 0.15) is 22.7 Å². The molecule has 0 spiro atoms. The molecule has 10 heteroatoms. The molecule has 0 radical (unpaired) electrons. The standard InChI is InChI=1S/C26H26FN7OS/c1-34-15-17(14-31-34)20-11-18(2-3-22(20)27)32-26-30-13-16-10-21(25-29-8-9-36-25)24(12-23(16)33-26)35-19-4-6-28-7-5-19/h2-3,8-14,17,19,28H,4-7,15H2,1H3,(H,30,32,33). The number of nitrogens with zero attached hydrogens (tertiary/aromatic N) is 5. The van der Waals surface area contributed by atoms with Crippen LogP contribution >= 0.6 is 11.3 Å². The molecule has 4 heterocycles. The zero-order valence-corrected chi connectivity index (χ0v) is 20.6. The second-order valence-corrected chi connectivity index (χ2v) is 9.97. The Labute approximate surface area is 212 Å². The number of anilines is 2. The van der Waals surface area contributed by atoms with Gasteiger partial charge in [-0.25, -0.2) is 19.3 Å². The summed E-state index contributed by atoms with van der Waals surface area (Å²) in [7, 11) is 1.88. The SMILES string of the molecule is CN1CC(c2cc(Nc3ncc4cc(-c5nccs5)c(OC5CCNCC5)cc4n3)ccc2F)C=N1. The zero-order valence-electron chi connectivity index (χ0n) is 19.8. The van der Waals surface area contributed by atoms with Crippen LogP contribution in [0.1, 0.15) is 24.3 Å². The first-order chi connectivity index (χ1) is 17.6. The quantitative estimate of drug-likeness (QED) is 0.391. The molecular formula is C26H26FN7OS. The molecule has 2 aromatic carbocycles. The van der Waals surface area contributed by atoms with E-state index in [1.807, 2.05) is 24.6 Å². The fourth-order valence-corrected chi connectivity index (χ4v) is 5.28. The smallest absolute Gasteiger partial charge is 0.227 e. The van der Waals surface area contributed by atoms with E-state index >= 15 is 0 Å². The number of likely N-dealkylation sites (N-methyl/N-ethyl adjacent to an activating group) is 1. The van der Waals surface area contributed by atoms with E-state index in [-0.39, 0.29) is 17.8 Å². The number of halogens is 1. The van der Waals surface area contributed by atoms with Crippen molar-refractivity contribution in [3.63, 3.8) is 0 Å². The summed E-state index contributed by atoms with van der Waals surface area (Å²) in [6, 6.07) is 8.98. The average Bonchev–Trinajstić information content (AvgIpc) is 3.58. The molecule has 0 aliphatic carbocycles. The summed E-state index contributed by atoms with van der Waals surface area (Å²) in [4.78, 5) is 13.8. The van der Waals surface area contributed by atoms with Crippen LogP contribution in [0.4, 0.5) is 16.0 Å². The average molecular weight is 504 g/mol. The largest absolute Gasteiger partial charge is 0.490 e. The van der Waals surface area contributed by atoms with E-state index in [0.717, 1.165) is 58.8 Å². The van der Waals surface area contributed by atoms with Crippen molar-refractivity contribution in [1.82, 2.24) is 25.3 Å². The van der Waals surface area contributed by atoms with Crippen molar-refractivity contribution < 1.29 is 9.13 Å². The van der Waals surface area contributed by atoms with E-state index in [4.69, 9.17) is 9.72 Å². The normalized spacial score (nSPS) is 18.2. The second-order valence-electron chi connectivity index (χ2n) is 9.08. The molecule has 1 unspecified atom stereocenters. The van der Waals surface area contributed by atoms with Gasteiger partial charge in [0.05, 0.1) is 11.1 Å². The molecular weight excluding hydrogens is 477 g/mol. The fourth-order valence-electron chi connectivity index (χ4n) is 4.62. The highest BCUT2D eigenvalue weighted by Gasteiger charge is 2.21.